The maximum atomic E-state index is 12.5. The van der Waals surface area contributed by atoms with Crippen LogP contribution in [0.3, 0.4) is 0 Å². The number of morpholine rings is 1. The highest BCUT2D eigenvalue weighted by atomic mass is 16.5. The van der Waals surface area contributed by atoms with Gasteiger partial charge in [0, 0.05) is 24.8 Å². The molecule has 2 heterocycles. The van der Waals surface area contributed by atoms with E-state index >= 15 is 0 Å². The monoisotopic (exact) mass is 249 g/mol. The Balaban J connectivity index is 2.24. The van der Waals surface area contributed by atoms with Crippen molar-refractivity contribution in [2.24, 2.45) is 5.73 Å². The van der Waals surface area contributed by atoms with Gasteiger partial charge in [0.1, 0.15) is 0 Å². The van der Waals surface area contributed by atoms with Gasteiger partial charge in [-0.25, -0.2) is 0 Å². The van der Waals surface area contributed by atoms with Crippen molar-refractivity contribution in [3.05, 3.63) is 29.6 Å². The Labute approximate surface area is 107 Å². The van der Waals surface area contributed by atoms with Gasteiger partial charge in [0.25, 0.3) is 5.91 Å². The molecule has 5 nitrogen and oxygen atoms in total. The lowest BCUT2D eigenvalue weighted by atomic mass is 10.0. The number of amides is 1. The van der Waals surface area contributed by atoms with E-state index in [1.807, 2.05) is 18.7 Å². The van der Waals surface area contributed by atoms with Gasteiger partial charge in [0.2, 0.25) is 0 Å². The fraction of sp³-hybridized carbons (Fsp3) is 0.538. The third-order valence-corrected chi connectivity index (χ3v) is 3.16. The van der Waals surface area contributed by atoms with Gasteiger partial charge in [-0.05, 0) is 26.0 Å². The van der Waals surface area contributed by atoms with Crippen molar-refractivity contribution in [1.29, 1.82) is 0 Å². The topological polar surface area (TPSA) is 68.5 Å². The summed E-state index contributed by atoms with van der Waals surface area (Å²) < 4.78 is 5.42. The predicted molar refractivity (Wildman–Crippen MR) is 68.1 cm³/mol. The lowest BCUT2D eigenvalue weighted by Gasteiger charge is -2.42. The standard InChI is InChI=1S/C13H19N3O2/c1-13(2)9-18-6-5-16(13)12(17)10-3-4-15-11(7-10)8-14/h3-4,7H,5-6,8-9,14H2,1-2H3. The molecule has 98 valence electrons. The van der Waals surface area contributed by atoms with Crippen molar-refractivity contribution in [2.75, 3.05) is 19.8 Å². The Bertz CT molecular complexity index is 446. The third kappa shape index (κ3) is 2.52. The van der Waals surface area contributed by atoms with Gasteiger partial charge >= 0.3 is 0 Å². The average Bonchev–Trinajstić information content (AvgIpc) is 2.37. The van der Waals surface area contributed by atoms with E-state index in [-0.39, 0.29) is 11.4 Å². The molecule has 18 heavy (non-hydrogen) atoms. The molecule has 1 aromatic heterocycles. The Hall–Kier alpha value is -1.46. The Kier molecular flexibility index (Phi) is 3.63. The second-order valence-corrected chi connectivity index (χ2v) is 5.06. The first-order valence-electron chi connectivity index (χ1n) is 6.09. The molecule has 1 amide bonds. The predicted octanol–water partition coefficient (Wildman–Crippen LogP) is 0.791. The molecule has 0 bridgehead atoms. The van der Waals surface area contributed by atoms with E-state index in [0.29, 0.717) is 31.9 Å². The van der Waals surface area contributed by atoms with Crippen LogP contribution in [0.15, 0.2) is 18.3 Å². The van der Waals surface area contributed by atoms with Gasteiger partial charge in [0.05, 0.1) is 24.4 Å². The summed E-state index contributed by atoms with van der Waals surface area (Å²) in [6, 6.07) is 3.49. The van der Waals surface area contributed by atoms with Gasteiger partial charge in [-0.2, -0.15) is 0 Å². The SMILES string of the molecule is CC1(C)COCCN1C(=O)c1ccnc(CN)c1. The number of carbonyl (C=O) groups excluding carboxylic acids is 1. The number of hydrogen-bond acceptors (Lipinski definition) is 4. The van der Waals surface area contributed by atoms with E-state index < -0.39 is 0 Å². The summed E-state index contributed by atoms with van der Waals surface area (Å²) in [6.07, 6.45) is 1.63. The Morgan fingerprint density at radius 2 is 2.39 bits per heavy atom. The number of aromatic nitrogens is 1. The molecule has 0 atom stereocenters. The highest BCUT2D eigenvalue weighted by molar-refractivity contribution is 5.94. The molecule has 2 rings (SSSR count). The van der Waals surface area contributed by atoms with Crippen molar-refractivity contribution < 1.29 is 9.53 Å². The fourth-order valence-corrected chi connectivity index (χ4v) is 2.11. The lowest BCUT2D eigenvalue weighted by Crippen LogP contribution is -2.55. The maximum Gasteiger partial charge on any atom is 0.254 e. The van der Waals surface area contributed by atoms with Crippen molar-refractivity contribution in [3.63, 3.8) is 0 Å². The normalized spacial score (nSPS) is 18.7. The summed E-state index contributed by atoms with van der Waals surface area (Å²) in [7, 11) is 0. The second kappa shape index (κ2) is 5.04. The molecule has 1 aromatic rings. The first-order chi connectivity index (χ1) is 8.54. The summed E-state index contributed by atoms with van der Waals surface area (Å²) in [5.41, 5.74) is 6.63. The number of nitrogens with two attached hydrogens (primary N) is 1. The third-order valence-electron chi connectivity index (χ3n) is 3.16. The first-order valence-corrected chi connectivity index (χ1v) is 6.09. The van der Waals surface area contributed by atoms with Crippen molar-refractivity contribution in [3.8, 4) is 0 Å². The van der Waals surface area contributed by atoms with E-state index in [1.165, 1.54) is 0 Å². The molecular formula is C13H19N3O2. The summed E-state index contributed by atoms with van der Waals surface area (Å²) in [5.74, 6) is 0.0143. The minimum Gasteiger partial charge on any atom is -0.377 e. The zero-order valence-electron chi connectivity index (χ0n) is 10.8. The first kappa shape index (κ1) is 13.0. The van der Waals surface area contributed by atoms with E-state index in [1.54, 1.807) is 18.3 Å². The van der Waals surface area contributed by atoms with Crippen LogP contribution in [0.25, 0.3) is 0 Å². The summed E-state index contributed by atoms with van der Waals surface area (Å²) in [6.45, 7) is 6.13. The van der Waals surface area contributed by atoms with Crippen molar-refractivity contribution >= 4 is 5.91 Å². The van der Waals surface area contributed by atoms with Crippen LogP contribution in [-0.4, -0.2) is 41.1 Å². The molecular weight excluding hydrogens is 230 g/mol. The summed E-state index contributed by atoms with van der Waals surface area (Å²) in [4.78, 5) is 18.4. The molecule has 1 fully saturated rings. The van der Waals surface area contributed by atoms with Gasteiger partial charge in [-0.1, -0.05) is 0 Å². The second-order valence-electron chi connectivity index (χ2n) is 5.06. The summed E-state index contributed by atoms with van der Waals surface area (Å²) in [5, 5.41) is 0. The highest BCUT2D eigenvalue weighted by Gasteiger charge is 2.34. The molecule has 0 aromatic carbocycles. The van der Waals surface area contributed by atoms with Gasteiger partial charge in [-0.3, -0.25) is 9.78 Å². The number of rotatable bonds is 2. The molecule has 0 saturated carbocycles. The fourth-order valence-electron chi connectivity index (χ4n) is 2.11. The molecule has 1 aliphatic rings. The molecule has 0 aliphatic carbocycles. The van der Waals surface area contributed by atoms with Crippen LogP contribution in [0, 0.1) is 0 Å². The number of hydrogen-bond donors (Lipinski definition) is 1. The van der Waals surface area contributed by atoms with Crippen LogP contribution in [0.5, 0.6) is 0 Å². The van der Waals surface area contributed by atoms with Crippen LogP contribution in [-0.2, 0) is 11.3 Å². The number of carbonyl (C=O) groups is 1. The van der Waals surface area contributed by atoms with Gasteiger partial charge in [0.15, 0.2) is 0 Å². The molecule has 0 unspecified atom stereocenters. The quantitative estimate of drug-likeness (QED) is 0.841. The van der Waals surface area contributed by atoms with Crippen LogP contribution < -0.4 is 5.73 Å². The minimum absolute atomic E-state index is 0.0143. The van der Waals surface area contributed by atoms with Crippen molar-refractivity contribution in [1.82, 2.24) is 9.88 Å². The average molecular weight is 249 g/mol. The highest BCUT2D eigenvalue weighted by Crippen LogP contribution is 2.21. The van der Waals surface area contributed by atoms with E-state index in [0.717, 1.165) is 5.69 Å². The number of nitrogens with zero attached hydrogens (tertiary/aromatic N) is 2. The van der Waals surface area contributed by atoms with Crippen LogP contribution >= 0.6 is 0 Å². The van der Waals surface area contributed by atoms with E-state index in [9.17, 15) is 4.79 Å². The van der Waals surface area contributed by atoms with E-state index in [2.05, 4.69) is 4.98 Å². The smallest absolute Gasteiger partial charge is 0.254 e. The lowest BCUT2D eigenvalue weighted by molar-refractivity contribution is -0.0370. The van der Waals surface area contributed by atoms with E-state index in [4.69, 9.17) is 10.5 Å². The summed E-state index contributed by atoms with van der Waals surface area (Å²) >= 11 is 0. The zero-order valence-corrected chi connectivity index (χ0v) is 10.8. The molecule has 5 heteroatoms. The Morgan fingerprint density at radius 1 is 1.61 bits per heavy atom. The number of pyridine rings is 1. The van der Waals surface area contributed by atoms with Gasteiger partial charge in [-0.15, -0.1) is 0 Å². The van der Waals surface area contributed by atoms with Crippen LogP contribution in [0.1, 0.15) is 29.9 Å². The Morgan fingerprint density at radius 3 is 3.06 bits per heavy atom. The molecule has 2 N–H and O–H groups in total. The van der Waals surface area contributed by atoms with Crippen LogP contribution in [0.4, 0.5) is 0 Å². The molecule has 1 aliphatic heterocycles. The zero-order chi connectivity index (χ0) is 13.2. The molecule has 0 spiro atoms. The van der Waals surface area contributed by atoms with Crippen molar-refractivity contribution in [2.45, 2.75) is 25.9 Å². The van der Waals surface area contributed by atoms with Gasteiger partial charge < -0.3 is 15.4 Å². The van der Waals surface area contributed by atoms with Crippen LogP contribution in [0.2, 0.25) is 0 Å². The maximum absolute atomic E-state index is 12.5. The molecule has 0 radical (unpaired) electrons. The molecule has 1 saturated heterocycles. The minimum atomic E-state index is -0.276. The largest absolute Gasteiger partial charge is 0.377 e. The number of ether oxygens (including phenoxy) is 1.